The van der Waals surface area contributed by atoms with E-state index in [1.165, 1.54) is 28.4 Å². The van der Waals surface area contributed by atoms with Gasteiger partial charge in [0.25, 0.3) is 0 Å². The zero-order chi connectivity index (χ0) is 29.8. The van der Waals surface area contributed by atoms with Crippen molar-refractivity contribution in [3.8, 4) is 28.7 Å². The standard InChI is InChI=1S/C31H32N2O9/c1-37-25-13-18(14-26(38-2)29(25)39-3)28(34)27(17-9-10-23-24(12-17)42-16-41-23)30(35)33-22(31(36)40-4)11-19-15-32-21-8-6-5-7-20(19)21/h5-10,12-15,22,27-28,32,34H,11,16H2,1-4H3,(H,33,35)/t22-,27?,28?/m0/s1. The van der Waals surface area contributed by atoms with Gasteiger partial charge in [0.05, 0.1) is 40.5 Å². The third kappa shape index (κ3) is 5.51. The highest BCUT2D eigenvalue weighted by Gasteiger charge is 2.35. The molecule has 11 heteroatoms. The number of carbonyl (C=O) groups excluding carboxylic acids is 2. The summed E-state index contributed by atoms with van der Waals surface area (Å²) in [5.74, 6) is -0.504. The SMILES string of the molecule is COC(=O)[C@H](Cc1c[nH]c2ccccc12)NC(=O)C(c1ccc2c(c1)OCO2)C(O)c1cc(OC)c(OC)c(OC)c1. The first-order valence-electron chi connectivity index (χ1n) is 13.2. The summed E-state index contributed by atoms with van der Waals surface area (Å²) in [4.78, 5) is 30.2. The smallest absolute Gasteiger partial charge is 0.328 e. The highest BCUT2D eigenvalue weighted by molar-refractivity contribution is 5.90. The van der Waals surface area contributed by atoms with E-state index >= 15 is 0 Å². The molecular weight excluding hydrogens is 544 g/mol. The second kappa shape index (κ2) is 12.3. The molecule has 2 unspecified atom stereocenters. The predicted octanol–water partition coefficient (Wildman–Crippen LogP) is 3.64. The molecular formula is C31H32N2O9. The molecule has 2 heterocycles. The molecule has 220 valence electrons. The van der Waals surface area contributed by atoms with Crippen molar-refractivity contribution in [2.75, 3.05) is 35.2 Å². The molecule has 1 aromatic heterocycles. The van der Waals surface area contributed by atoms with Crippen LogP contribution in [0.4, 0.5) is 0 Å². The molecule has 3 atom stereocenters. The minimum Gasteiger partial charge on any atom is -0.493 e. The molecule has 0 aliphatic carbocycles. The molecule has 3 N–H and O–H groups in total. The van der Waals surface area contributed by atoms with Crippen LogP contribution in [0, 0.1) is 0 Å². The molecule has 4 aromatic rings. The zero-order valence-corrected chi connectivity index (χ0v) is 23.6. The third-order valence-corrected chi connectivity index (χ3v) is 7.28. The van der Waals surface area contributed by atoms with E-state index in [1.807, 2.05) is 24.3 Å². The number of H-pyrrole nitrogens is 1. The summed E-state index contributed by atoms with van der Waals surface area (Å²) in [6.45, 7) is 0.0418. The Morgan fingerprint density at radius 1 is 0.929 bits per heavy atom. The number of esters is 1. The second-order valence-corrected chi connectivity index (χ2v) is 9.64. The summed E-state index contributed by atoms with van der Waals surface area (Å²) in [5.41, 5.74) is 2.49. The first kappa shape index (κ1) is 28.6. The van der Waals surface area contributed by atoms with Crippen molar-refractivity contribution in [1.29, 1.82) is 0 Å². The molecule has 3 aromatic carbocycles. The summed E-state index contributed by atoms with van der Waals surface area (Å²) in [5, 5.41) is 15.5. The molecule has 0 spiro atoms. The Labute approximate surface area is 242 Å². The number of hydrogen-bond acceptors (Lipinski definition) is 9. The number of aliphatic hydroxyl groups is 1. The maximum Gasteiger partial charge on any atom is 0.328 e. The summed E-state index contributed by atoms with van der Waals surface area (Å²) < 4.78 is 32.3. The lowest BCUT2D eigenvalue weighted by molar-refractivity contribution is -0.145. The molecule has 0 bridgehead atoms. The van der Waals surface area contributed by atoms with Crippen molar-refractivity contribution in [3.05, 3.63) is 77.5 Å². The number of ether oxygens (including phenoxy) is 6. The topological polar surface area (TPSA) is 138 Å². The number of hydrogen-bond donors (Lipinski definition) is 3. The van der Waals surface area contributed by atoms with Gasteiger partial charge in [-0.2, -0.15) is 0 Å². The van der Waals surface area contributed by atoms with Gasteiger partial charge in [0.1, 0.15) is 6.04 Å². The number of carbonyl (C=O) groups is 2. The molecule has 42 heavy (non-hydrogen) atoms. The van der Waals surface area contributed by atoms with Crippen LogP contribution in [0.1, 0.15) is 28.7 Å². The van der Waals surface area contributed by atoms with Crippen molar-refractivity contribution in [3.63, 3.8) is 0 Å². The van der Waals surface area contributed by atoms with Crippen molar-refractivity contribution < 1.29 is 43.1 Å². The Balaban J connectivity index is 1.52. The first-order chi connectivity index (χ1) is 20.4. The van der Waals surface area contributed by atoms with Crippen molar-refractivity contribution in [2.45, 2.75) is 24.5 Å². The van der Waals surface area contributed by atoms with Gasteiger partial charge in [-0.15, -0.1) is 0 Å². The van der Waals surface area contributed by atoms with Gasteiger partial charge in [-0.25, -0.2) is 4.79 Å². The van der Waals surface area contributed by atoms with Gasteiger partial charge >= 0.3 is 5.97 Å². The van der Waals surface area contributed by atoms with Crippen LogP contribution >= 0.6 is 0 Å². The van der Waals surface area contributed by atoms with Gasteiger partial charge in [-0.1, -0.05) is 24.3 Å². The van der Waals surface area contributed by atoms with Gasteiger partial charge in [0, 0.05) is 23.5 Å². The third-order valence-electron chi connectivity index (χ3n) is 7.28. The molecule has 1 aliphatic heterocycles. The lowest BCUT2D eigenvalue weighted by Gasteiger charge is -2.26. The summed E-state index contributed by atoms with van der Waals surface area (Å²) in [6.07, 6.45) is 0.564. The quantitative estimate of drug-likeness (QED) is 0.229. The van der Waals surface area contributed by atoms with Gasteiger partial charge in [0.2, 0.25) is 18.4 Å². The van der Waals surface area contributed by atoms with E-state index in [0.717, 1.165) is 16.5 Å². The van der Waals surface area contributed by atoms with Crippen molar-refractivity contribution in [2.24, 2.45) is 0 Å². The van der Waals surface area contributed by atoms with Gasteiger partial charge in [0.15, 0.2) is 23.0 Å². The van der Waals surface area contributed by atoms with Crippen LogP contribution in [0.25, 0.3) is 10.9 Å². The monoisotopic (exact) mass is 576 g/mol. The zero-order valence-electron chi connectivity index (χ0n) is 23.6. The number of amides is 1. The summed E-state index contributed by atoms with van der Waals surface area (Å²) in [6, 6.07) is 14.7. The number of fused-ring (bicyclic) bond motifs is 2. The Bertz CT molecular complexity index is 1570. The van der Waals surface area contributed by atoms with Crippen LogP contribution in [0.5, 0.6) is 28.7 Å². The lowest BCUT2D eigenvalue weighted by atomic mass is 9.87. The number of nitrogens with one attached hydrogen (secondary N) is 2. The highest BCUT2D eigenvalue weighted by Crippen LogP contribution is 2.44. The Hall–Kier alpha value is -4.90. The fourth-order valence-electron chi connectivity index (χ4n) is 5.17. The Kier molecular flexibility index (Phi) is 8.39. The van der Waals surface area contributed by atoms with Gasteiger partial charge < -0.3 is 43.8 Å². The van der Waals surface area contributed by atoms with E-state index in [9.17, 15) is 14.7 Å². The highest BCUT2D eigenvalue weighted by atomic mass is 16.7. The summed E-state index contributed by atoms with van der Waals surface area (Å²) in [7, 11) is 5.65. The van der Waals surface area contributed by atoms with E-state index in [-0.39, 0.29) is 13.2 Å². The van der Waals surface area contributed by atoms with Crippen LogP contribution in [0.3, 0.4) is 0 Å². The molecule has 0 fully saturated rings. The van der Waals surface area contributed by atoms with Crippen LogP contribution in [-0.2, 0) is 20.7 Å². The maximum atomic E-state index is 14.1. The summed E-state index contributed by atoms with van der Waals surface area (Å²) >= 11 is 0. The van der Waals surface area contributed by atoms with Gasteiger partial charge in [-0.3, -0.25) is 4.79 Å². The number of benzene rings is 3. The fourth-order valence-corrected chi connectivity index (χ4v) is 5.17. The van der Waals surface area contributed by atoms with Crippen molar-refractivity contribution >= 4 is 22.8 Å². The molecule has 0 radical (unpaired) electrons. The van der Waals surface area contributed by atoms with Gasteiger partial charge in [-0.05, 0) is 47.0 Å². The molecule has 1 aliphatic rings. The molecule has 0 saturated heterocycles. The van der Waals surface area contributed by atoms with E-state index in [0.29, 0.717) is 39.9 Å². The number of aliphatic hydroxyl groups excluding tert-OH is 1. The number of rotatable bonds is 11. The normalized spacial score (nSPS) is 14.1. The minimum atomic E-state index is -1.40. The largest absolute Gasteiger partial charge is 0.493 e. The van der Waals surface area contributed by atoms with Crippen LogP contribution in [-0.4, -0.2) is 63.2 Å². The van der Waals surface area contributed by atoms with E-state index < -0.39 is 29.9 Å². The predicted molar refractivity (Wildman–Crippen MR) is 152 cm³/mol. The first-order valence-corrected chi connectivity index (χ1v) is 13.2. The van der Waals surface area contributed by atoms with E-state index in [1.54, 1.807) is 36.5 Å². The lowest BCUT2D eigenvalue weighted by Crippen LogP contribution is -2.46. The number of aromatic nitrogens is 1. The number of para-hydroxylation sites is 1. The Morgan fingerprint density at radius 2 is 1.64 bits per heavy atom. The minimum absolute atomic E-state index is 0.0418. The fraction of sp³-hybridized carbons (Fsp3) is 0.290. The number of aromatic amines is 1. The average Bonchev–Trinajstić information content (AvgIpc) is 3.66. The van der Waals surface area contributed by atoms with Crippen LogP contribution < -0.4 is 29.0 Å². The van der Waals surface area contributed by atoms with Crippen LogP contribution in [0.2, 0.25) is 0 Å². The van der Waals surface area contributed by atoms with Crippen LogP contribution in [0.15, 0.2) is 60.8 Å². The molecule has 11 nitrogen and oxygen atoms in total. The second-order valence-electron chi connectivity index (χ2n) is 9.64. The van der Waals surface area contributed by atoms with Crippen molar-refractivity contribution in [1.82, 2.24) is 10.3 Å². The van der Waals surface area contributed by atoms with E-state index in [2.05, 4.69) is 10.3 Å². The van der Waals surface area contributed by atoms with E-state index in [4.69, 9.17) is 28.4 Å². The molecule has 0 saturated carbocycles. The molecule has 1 amide bonds. The Morgan fingerprint density at radius 3 is 2.33 bits per heavy atom. The average molecular weight is 577 g/mol. The molecule has 5 rings (SSSR count). The number of methoxy groups -OCH3 is 4. The maximum absolute atomic E-state index is 14.1.